The average Bonchev–Trinajstić information content (AvgIpc) is 2.67. The molecule has 0 unspecified atom stereocenters. The van der Waals surface area contributed by atoms with Crippen LogP contribution in [0.15, 0.2) is 23.1 Å². The van der Waals surface area contributed by atoms with Crippen molar-refractivity contribution in [1.82, 2.24) is 4.90 Å². The van der Waals surface area contributed by atoms with Gasteiger partial charge in [-0.05, 0) is 26.8 Å². The van der Waals surface area contributed by atoms with Crippen molar-refractivity contribution in [3.63, 3.8) is 0 Å². The predicted octanol–water partition coefficient (Wildman–Crippen LogP) is 2.09. The minimum atomic E-state index is -0.435. The summed E-state index contributed by atoms with van der Waals surface area (Å²) < 4.78 is 10.2. The fourth-order valence-corrected chi connectivity index (χ4v) is 1.75. The fourth-order valence-electron chi connectivity index (χ4n) is 1.75. The molecule has 5 heteroatoms. The molecule has 0 aliphatic carbocycles. The summed E-state index contributed by atoms with van der Waals surface area (Å²) in [4.78, 5) is 25.2. The Kier molecular flexibility index (Phi) is 5.36. The van der Waals surface area contributed by atoms with Gasteiger partial charge in [-0.2, -0.15) is 0 Å². The molecule has 0 aromatic carbocycles. The van der Waals surface area contributed by atoms with E-state index in [0.717, 1.165) is 0 Å². The molecule has 0 aliphatic rings. The molecule has 0 radical (unpaired) electrons. The van der Waals surface area contributed by atoms with Crippen LogP contribution in [0.5, 0.6) is 0 Å². The molecule has 0 saturated heterocycles. The first-order valence-electron chi connectivity index (χ1n) is 6.12. The van der Waals surface area contributed by atoms with Gasteiger partial charge >= 0.3 is 5.97 Å². The van der Waals surface area contributed by atoms with E-state index in [9.17, 15) is 9.59 Å². The topological polar surface area (TPSA) is 59.8 Å². The van der Waals surface area contributed by atoms with E-state index in [1.165, 1.54) is 4.90 Å². The van der Waals surface area contributed by atoms with E-state index in [2.05, 4.69) is 6.58 Å². The molecule has 1 amide bonds. The van der Waals surface area contributed by atoms with Gasteiger partial charge in [-0.25, -0.2) is 0 Å². The highest BCUT2D eigenvalue weighted by molar-refractivity contribution is 5.97. The van der Waals surface area contributed by atoms with Crippen LogP contribution in [0.3, 0.4) is 0 Å². The van der Waals surface area contributed by atoms with Crippen LogP contribution in [0, 0.1) is 13.8 Å². The van der Waals surface area contributed by atoms with E-state index in [-0.39, 0.29) is 19.0 Å². The highest BCUT2D eigenvalue weighted by Crippen LogP contribution is 2.16. The van der Waals surface area contributed by atoms with Crippen LogP contribution in [0.4, 0.5) is 0 Å². The summed E-state index contributed by atoms with van der Waals surface area (Å²) in [6, 6.07) is 1.67. The number of hydrogen-bond donors (Lipinski definition) is 0. The molecule has 0 atom stereocenters. The molecule has 0 aliphatic heterocycles. The van der Waals surface area contributed by atoms with Crippen molar-refractivity contribution >= 4 is 11.9 Å². The smallest absolute Gasteiger partial charge is 0.325 e. The number of aryl methyl sites for hydroxylation is 2. The van der Waals surface area contributed by atoms with E-state index < -0.39 is 5.97 Å². The SMILES string of the molecule is C=CCN(CC(=O)OCC)C(=O)c1cc(C)oc1C. The van der Waals surface area contributed by atoms with Crippen molar-refractivity contribution in [3.8, 4) is 0 Å². The molecular weight excluding hydrogens is 246 g/mol. The van der Waals surface area contributed by atoms with Gasteiger partial charge in [0.25, 0.3) is 5.91 Å². The highest BCUT2D eigenvalue weighted by atomic mass is 16.5. The Balaban J connectivity index is 2.86. The highest BCUT2D eigenvalue weighted by Gasteiger charge is 2.22. The van der Waals surface area contributed by atoms with Crippen molar-refractivity contribution < 1.29 is 18.7 Å². The number of nitrogens with zero attached hydrogens (tertiary/aromatic N) is 1. The normalized spacial score (nSPS) is 10.1. The van der Waals surface area contributed by atoms with Crippen molar-refractivity contribution in [1.29, 1.82) is 0 Å². The zero-order chi connectivity index (χ0) is 14.4. The van der Waals surface area contributed by atoms with Crippen LogP contribution in [0.2, 0.25) is 0 Å². The second kappa shape index (κ2) is 6.78. The lowest BCUT2D eigenvalue weighted by Crippen LogP contribution is -2.36. The largest absolute Gasteiger partial charge is 0.466 e. The first-order chi connectivity index (χ1) is 8.99. The third kappa shape index (κ3) is 3.98. The number of furan rings is 1. The molecule has 1 rings (SSSR count). The lowest BCUT2D eigenvalue weighted by molar-refractivity contribution is -0.143. The number of amides is 1. The van der Waals surface area contributed by atoms with E-state index in [1.54, 1.807) is 32.9 Å². The van der Waals surface area contributed by atoms with Gasteiger partial charge in [-0.15, -0.1) is 6.58 Å². The van der Waals surface area contributed by atoms with Gasteiger partial charge in [0.05, 0.1) is 12.2 Å². The van der Waals surface area contributed by atoms with Crippen molar-refractivity contribution in [3.05, 3.63) is 35.8 Å². The molecule has 0 spiro atoms. The molecule has 0 saturated carbocycles. The second-order valence-corrected chi connectivity index (χ2v) is 4.11. The number of ether oxygens (including phenoxy) is 1. The third-order valence-electron chi connectivity index (χ3n) is 2.53. The second-order valence-electron chi connectivity index (χ2n) is 4.11. The average molecular weight is 265 g/mol. The summed E-state index contributed by atoms with van der Waals surface area (Å²) in [5.41, 5.74) is 0.462. The fraction of sp³-hybridized carbons (Fsp3) is 0.429. The van der Waals surface area contributed by atoms with Crippen molar-refractivity contribution in [2.45, 2.75) is 20.8 Å². The number of carbonyl (C=O) groups is 2. The van der Waals surface area contributed by atoms with E-state index in [0.29, 0.717) is 23.7 Å². The molecule has 5 nitrogen and oxygen atoms in total. The zero-order valence-corrected chi connectivity index (χ0v) is 11.6. The molecule has 0 fully saturated rings. The maximum absolute atomic E-state index is 12.3. The molecule has 0 bridgehead atoms. The predicted molar refractivity (Wildman–Crippen MR) is 70.9 cm³/mol. The number of carbonyl (C=O) groups excluding carboxylic acids is 2. The van der Waals surface area contributed by atoms with Gasteiger partial charge in [0, 0.05) is 6.54 Å². The Morgan fingerprint density at radius 2 is 2.16 bits per heavy atom. The maximum atomic E-state index is 12.3. The summed E-state index contributed by atoms with van der Waals surface area (Å²) in [6.07, 6.45) is 1.57. The summed E-state index contributed by atoms with van der Waals surface area (Å²) in [6.45, 7) is 9.28. The van der Waals surface area contributed by atoms with Gasteiger partial charge < -0.3 is 14.1 Å². The molecule has 1 aromatic heterocycles. The van der Waals surface area contributed by atoms with E-state index in [1.807, 2.05) is 0 Å². The third-order valence-corrected chi connectivity index (χ3v) is 2.53. The van der Waals surface area contributed by atoms with E-state index in [4.69, 9.17) is 9.15 Å². The summed E-state index contributed by atoms with van der Waals surface area (Å²) >= 11 is 0. The van der Waals surface area contributed by atoms with Crippen LogP contribution < -0.4 is 0 Å². The summed E-state index contributed by atoms with van der Waals surface area (Å²) in [5.74, 6) is 0.508. The Labute approximate surface area is 112 Å². The number of rotatable bonds is 6. The van der Waals surface area contributed by atoms with Gasteiger partial charge in [-0.1, -0.05) is 6.08 Å². The van der Waals surface area contributed by atoms with Gasteiger partial charge in [-0.3, -0.25) is 9.59 Å². The first-order valence-corrected chi connectivity index (χ1v) is 6.12. The molecule has 1 heterocycles. The summed E-state index contributed by atoms with van der Waals surface area (Å²) in [5, 5.41) is 0. The number of esters is 1. The number of hydrogen-bond acceptors (Lipinski definition) is 4. The van der Waals surface area contributed by atoms with Crippen LogP contribution in [-0.2, 0) is 9.53 Å². The molecular formula is C14H19NO4. The maximum Gasteiger partial charge on any atom is 0.325 e. The molecule has 1 aromatic rings. The zero-order valence-electron chi connectivity index (χ0n) is 11.6. The van der Waals surface area contributed by atoms with Gasteiger partial charge in [0.15, 0.2) is 0 Å². The quantitative estimate of drug-likeness (QED) is 0.583. The standard InChI is InChI=1S/C14H19NO4/c1-5-7-15(9-13(16)18-6-2)14(17)12-8-10(3)19-11(12)4/h5,8H,1,6-7,9H2,2-4H3. The monoisotopic (exact) mass is 265 g/mol. The minimum absolute atomic E-state index is 0.0949. The van der Waals surface area contributed by atoms with E-state index >= 15 is 0 Å². The Morgan fingerprint density at radius 3 is 2.63 bits per heavy atom. The lowest BCUT2D eigenvalue weighted by Gasteiger charge is -2.19. The van der Waals surface area contributed by atoms with Crippen LogP contribution in [0.25, 0.3) is 0 Å². The molecule has 0 N–H and O–H groups in total. The van der Waals surface area contributed by atoms with Crippen molar-refractivity contribution in [2.75, 3.05) is 19.7 Å². The van der Waals surface area contributed by atoms with Gasteiger partial charge in [0.1, 0.15) is 18.1 Å². The van der Waals surface area contributed by atoms with Crippen LogP contribution >= 0.6 is 0 Å². The first kappa shape index (κ1) is 15.0. The van der Waals surface area contributed by atoms with Crippen LogP contribution in [0.1, 0.15) is 28.8 Å². The lowest BCUT2D eigenvalue weighted by atomic mass is 10.2. The Bertz CT molecular complexity index is 476. The Hall–Kier alpha value is -2.04. The van der Waals surface area contributed by atoms with Crippen molar-refractivity contribution in [2.24, 2.45) is 0 Å². The Morgan fingerprint density at radius 1 is 1.47 bits per heavy atom. The molecule has 19 heavy (non-hydrogen) atoms. The van der Waals surface area contributed by atoms with Gasteiger partial charge in [0.2, 0.25) is 0 Å². The van der Waals surface area contributed by atoms with Crippen LogP contribution in [-0.4, -0.2) is 36.5 Å². The summed E-state index contributed by atoms with van der Waals surface area (Å²) in [7, 11) is 0. The minimum Gasteiger partial charge on any atom is -0.466 e. The molecule has 104 valence electrons.